The Morgan fingerprint density at radius 1 is 0.909 bits per heavy atom. The van der Waals surface area contributed by atoms with Crippen LogP contribution in [0.2, 0.25) is 0 Å². The fraction of sp³-hybridized carbons (Fsp3) is 0.0667. The molecule has 4 nitrogen and oxygen atoms in total. The smallest absolute Gasteiger partial charge is 0.351 e. The van der Waals surface area contributed by atoms with Gasteiger partial charge in [-0.2, -0.15) is 4.90 Å². The molecule has 0 radical (unpaired) electrons. The van der Waals surface area contributed by atoms with Gasteiger partial charge in [0.05, 0.1) is 0 Å². The van der Waals surface area contributed by atoms with Crippen LogP contribution in [0.1, 0.15) is 10.4 Å². The summed E-state index contributed by atoms with van der Waals surface area (Å²) in [4.78, 5) is 22.2. The third kappa shape index (κ3) is 3.08. The van der Waals surface area contributed by atoms with Crippen LogP contribution in [-0.2, 0) is 0 Å². The number of hydrogen-bond acceptors (Lipinski definition) is 2. The van der Waals surface area contributed by atoms with Crippen LogP contribution < -0.4 is 5.73 Å². The van der Waals surface area contributed by atoms with Crippen molar-refractivity contribution < 1.29 is 22.8 Å². The number of imide groups is 1. The monoisotopic (exact) mass is 308 g/mol. The summed E-state index contributed by atoms with van der Waals surface area (Å²) < 4.78 is 38.5. The van der Waals surface area contributed by atoms with Crippen molar-refractivity contribution >= 4 is 11.9 Å². The molecule has 0 spiro atoms. The number of rotatable bonds is 2. The lowest BCUT2D eigenvalue weighted by molar-refractivity contribution is -0.204. The first-order valence-corrected chi connectivity index (χ1v) is 6.17. The van der Waals surface area contributed by atoms with Crippen LogP contribution in [-0.4, -0.2) is 23.1 Å². The van der Waals surface area contributed by atoms with E-state index >= 15 is 0 Å². The zero-order valence-electron chi connectivity index (χ0n) is 11.2. The molecular weight excluding hydrogens is 297 g/mol. The summed E-state index contributed by atoms with van der Waals surface area (Å²) in [5, 5.41) is 0. The summed E-state index contributed by atoms with van der Waals surface area (Å²) in [6, 6.07) is 12.2. The zero-order valence-corrected chi connectivity index (χ0v) is 11.2. The number of carbonyl (C=O) groups excluding carboxylic acids is 2. The molecule has 0 saturated heterocycles. The molecule has 3 amide bonds. The summed E-state index contributed by atoms with van der Waals surface area (Å²) in [6.45, 7) is 0. The molecule has 0 saturated carbocycles. The molecule has 2 aromatic carbocycles. The van der Waals surface area contributed by atoms with Gasteiger partial charge in [0.1, 0.15) is 0 Å². The van der Waals surface area contributed by atoms with E-state index in [2.05, 4.69) is 0 Å². The Kier molecular flexibility index (Phi) is 4.16. The van der Waals surface area contributed by atoms with Gasteiger partial charge in [0.15, 0.2) is 0 Å². The molecule has 0 atom stereocenters. The second-order valence-corrected chi connectivity index (χ2v) is 4.36. The van der Waals surface area contributed by atoms with E-state index in [0.717, 1.165) is 0 Å². The highest BCUT2D eigenvalue weighted by atomic mass is 19.4. The van der Waals surface area contributed by atoms with Crippen LogP contribution in [0.4, 0.5) is 18.0 Å². The number of hydrogen-bond donors (Lipinski definition) is 1. The van der Waals surface area contributed by atoms with Crippen LogP contribution in [0.3, 0.4) is 0 Å². The quantitative estimate of drug-likeness (QED) is 0.864. The second-order valence-electron chi connectivity index (χ2n) is 4.36. The number of urea groups is 1. The van der Waals surface area contributed by atoms with Crippen molar-refractivity contribution in [2.75, 3.05) is 0 Å². The molecule has 114 valence electrons. The van der Waals surface area contributed by atoms with Gasteiger partial charge >= 0.3 is 12.3 Å². The van der Waals surface area contributed by atoms with Crippen molar-refractivity contribution in [3.63, 3.8) is 0 Å². The largest absolute Gasteiger partial charge is 0.495 e. The van der Waals surface area contributed by atoms with E-state index in [1.165, 1.54) is 18.2 Å². The van der Waals surface area contributed by atoms with Gasteiger partial charge in [-0.05, 0) is 17.2 Å². The molecule has 0 aromatic heterocycles. The van der Waals surface area contributed by atoms with E-state index in [-0.39, 0.29) is 11.1 Å². The zero-order chi connectivity index (χ0) is 16.3. The summed E-state index contributed by atoms with van der Waals surface area (Å²) in [5.74, 6) is -1.51. The summed E-state index contributed by atoms with van der Waals surface area (Å²) in [7, 11) is 0. The summed E-state index contributed by atoms with van der Waals surface area (Å²) in [5.41, 5.74) is 5.27. The van der Waals surface area contributed by atoms with E-state index in [4.69, 9.17) is 5.73 Å². The maximum Gasteiger partial charge on any atom is 0.495 e. The third-order valence-electron chi connectivity index (χ3n) is 2.92. The maximum atomic E-state index is 12.8. The number of alkyl halides is 3. The van der Waals surface area contributed by atoms with Crippen LogP contribution in [0, 0.1) is 0 Å². The number of benzene rings is 2. The van der Waals surface area contributed by atoms with E-state index in [0.29, 0.717) is 5.56 Å². The molecule has 7 heteroatoms. The number of primary amides is 1. The van der Waals surface area contributed by atoms with Crippen LogP contribution >= 0.6 is 0 Å². The Bertz CT molecular complexity index is 699. The van der Waals surface area contributed by atoms with Crippen molar-refractivity contribution in [1.82, 2.24) is 4.90 Å². The SMILES string of the molecule is NC(=O)N(C(=O)c1ccccc1-c1ccccc1)C(F)(F)F. The predicted molar refractivity (Wildman–Crippen MR) is 73.7 cm³/mol. The Labute approximate surface area is 124 Å². The van der Waals surface area contributed by atoms with Crippen LogP contribution in [0.25, 0.3) is 11.1 Å². The van der Waals surface area contributed by atoms with Gasteiger partial charge in [0.2, 0.25) is 0 Å². The van der Waals surface area contributed by atoms with Crippen molar-refractivity contribution in [2.24, 2.45) is 5.73 Å². The Hall–Kier alpha value is -2.83. The second kappa shape index (κ2) is 5.88. The van der Waals surface area contributed by atoms with Gasteiger partial charge < -0.3 is 5.73 Å². The summed E-state index contributed by atoms with van der Waals surface area (Å²) in [6.07, 6.45) is -5.19. The molecular formula is C15H11F3N2O2. The Balaban J connectivity index is 2.54. The topological polar surface area (TPSA) is 63.4 Å². The number of halogens is 3. The van der Waals surface area contributed by atoms with Gasteiger partial charge in [0.25, 0.3) is 5.91 Å². The molecule has 0 unspecified atom stereocenters. The molecule has 0 aliphatic carbocycles. The molecule has 0 aliphatic heterocycles. The fourth-order valence-electron chi connectivity index (χ4n) is 2.00. The highest BCUT2D eigenvalue weighted by Crippen LogP contribution is 2.28. The number of nitrogens with zero attached hydrogens (tertiary/aromatic N) is 1. The lowest BCUT2D eigenvalue weighted by Crippen LogP contribution is -2.49. The number of nitrogens with two attached hydrogens (primary N) is 1. The van der Waals surface area contributed by atoms with E-state index in [1.54, 1.807) is 36.4 Å². The predicted octanol–water partition coefficient (Wildman–Crippen LogP) is 3.39. The molecule has 0 heterocycles. The van der Waals surface area contributed by atoms with Crippen molar-refractivity contribution in [1.29, 1.82) is 0 Å². The van der Waals surface area contributed by atoms with Gasteiger partial charge in [-0.1, -0.05) is 48.5 Å². The Morgan fingerprint density at radius 3 is 2.00 bits per heavy atom. The van der Waals surface area contributed by atoms with E-state index in [1.807, 2.05) is 0 Å². The first-order chi connectivity index (χ1) is 10.3. The van der Waals surface area contributed by atoms with Gasteiger partial charge in [0, 0.05) is 5.56 Å². The highest BCUT2D eigenvalue weighted by molar-refractivity contribution is 6.08. The minimum atomic E-state index is -5.19. The molecule has 0 bridgehead atoms. The highest BCUT2D eigenvalue weighted by Gasteiger charge is 2.45. The first kappa shape index (κ1) is 15.6. The Morgan fingerprint density at radius 2 is 1.45 bits per heavy atom. The number of carbonyl (C=O) groups is 2. The maximum absolute atomic E-state index is 12.8. The average Bonchev–Trinajstić information content (AvgIpc) is 2.46. The van der Waals surface area contributed by atoms with Crippen LogP contribution in [0.5, 0.6) is 0 Å². The lowest BCUT2D eigenvalue weighted by Gasteiger charge is -2.22. The minimum absolute atomic E-state index is 0.259. The molecule has 0 aliphatic rings. The standard InChI is InChI=1S/C15H11F3N2O2/c16-15(17,18)20(14(19)22)13(21)12-9-5-4-8-11(12)10-6-2-1-3-7-10/h1-9H,(H2,19,22). The molecule has 2 N–H and O–H groups in total. The van der Waals surface area contributed by atoms with Gasteiger partial charge in [-0.3, -0.25) is 4.79 Å². The third-order valence-corrected chi connectivity index (χ3v) is 2.92. The lowest BCUT2D eigenvalue weighted by atomic mass is 9.99. The first-order valence-electron chi connectivity index (χ1n) is 6.17. The van der Waals surface area contributed by atoms with Gasteiger partial charge in [-0.15, -0.1) is 13.2 Å². The molecule has 22 heavy (non-hydrogen) atoms. The number of amides is 3. The minimum Gasteiger partial charge on any atom is -0.351 e. The molecule has 2 aromatic rings. The summed E-state index contributed by atoms with van der Waals surface area (Å²) >= 11 is 0. The van der Waals surface area contributed by atoms with E-state index in [9.17, 15) is 22.8 Å². The molecule has 0 fully saturated rings. The van der Waals surface area contributed by atoms with E-state index < -0.39 is 23.1 Å². The molecule has 2 rings (SSSR count). The van der Waals surface area contributed by atoms with Crippen molar-refractivity contribution in [2.45, 2.75) is 6.30 Å². The van der Waals surface area contributed by atoms with Crippen molar-refractivity contribution in [3.05, 3.63) is 60.2 Å². The van der Waals surface area contributed by atoms with Crippen LogP contribution in [0.15, 0.2) is 54.6 Å². The van der Waals surface area contributed by atoms with Gasteiger partial charge in [-0.25, -0.2) is 4.79 Å². The fourth-order valence-corrected chi connectivity index (χ4v) is 2.00. The average molecular weight is 308 g/mol. The van der Waals surface area contributed by atoms with Crippen molar-refractivity contribution in [3.8, 4) is 11.1 Å². The normalized spacial score (nSPS) is 11.0.